The minimum absolute atomic E-state index is 0.0893. The summed E-state index contributed by atoms with van der Waals surface area (Å²) in [6.07, 6.45) is -1.40. The molecule has 0 aromatic heterocycles. The Bertz CT molecular complexity index is 795. The maximum atomic E-state index is 13.0. The van der Waals surface area contributed by atoms with Crippen LogP contribution in [-0.2, 0) is 4.74 Å². The van der Waals surface area contributed by atoms with Crippen molar-refractivity contribution in [3.8, 4) is 5.75 Å². The van der Waals surface area contributed by atoms with Crippen molar-refractivity contribution >= 4 is 17.5 Å². The van der Waals surface area contributed by atoms with Crippen molar-refractivity contribution in [2.45, 2.75) is 6.10 Å². The molecule has 1 fully saturated rings. The molecule has 7 nitrogen and oxygen atoms in total. The summed E-state index contributed by atoms with van der Waals surface area (Å²) in [5.74, 6) is 0.383. The summed E-state index contributed by atoms with van der Waals surface area (Å²) < 4.78 is 23.3. The molecule has 1 heterocycles. The largest absolute Gasteiger partial charge is 0.497 e. The highest BCUT2D eigenvalue weighted by molar-refractivity contribution is 5.84. The van der Waals surface area contributed by atoms with Crippen LogP contribution in [0.2, 0.25) is 0 Å². The first-order valence-corrected chi connectivity index (χ1v) is 9.52. The molecule has 1 aliphatic heterocycles. The molecule has 0 bridgehead atoms. The zero-order valence-corrected chi connectivity index (χ0v) is 16.4. The van der Waals surface area contributed by atoms with Gasteiger partial charge in [-0.2, -0.15) is 0 Å². The van der Waals surface area contributed by atoms with E-state index in [0.29, 0.717) is 18.0 Å². The molecule has 2 N–H and O–H groups in total. The van der Waals surface area contributed by atoms with Gasteiger partial charge in [-0.15, -0.1) is 0 Å². The Morgan fingerprint density at radius 1 is 1.17 bits per heavy atom. The van der Waals surface area contributed by atoms with Gasteiger partial charge in [0.1, 0.15) is 24.3 Å². The summed E-state index contributed by atoms with van der Waals surface area (Å²) in [6.45, 7) is 3.44. The van der Waals surface area contributed by atoms with Gasteiger partial charge in [0.25, 0.3) is 0 Å². The van der Waals surface area contributed by atoms with Gasteiger partial charge < -0.3 is 19.5 Å². The predicted octanol–water partition coefficient (Wildman–Crippen LogP) is 2.57. The van der Waals surface area contributed by atoms with E-state index in [2.05, 4.69) is 15.1 Å². The number of hydrogen-bond donors (Lipinski definition) is 2. The van der Waals surface area contributed by atoms with E-state index in [1.165, 1.54) is 12.1 Å². The van der Waals surface area contributed by atoms with E-state index >= 15 is 0 Å². The standard InChI is InChI=1S/C21H26FN3O4/c1-28-20-4-2-3-17(13-20)23-21(27)29-15-19(26)14-24-9-11-25(12-10-24)18-7-5-16(22)6-8-18/h2-8,13,19,26H,9-12,14-15H2,1H3,(H,23,27). The van der Waals surface area contributed by atoms with E-state index in [-0.39, 0.29) is 12.4 Å². The van der Waals surface area contributed by atoms with Gasteiger partial charge >= 0.3 is 6.09 Å². The number of piperazine rings is 1. The molecule has 1 saturated heterocycles. The number of carbonyl (C=O) groups excluding carboxylic acids is 1. The third-order valence-electron chi connectivity index (χ3n) is 4.76. The molecular weight excluding hydrogens is 377 g/mol. The van der Waals surface area contributed by atoms with Crippen LogP contribution in [0.1, 0.15) is 0 Å². The molecule has 1 atom stereocenters. The average Bonchev–Trinajstić information content (AvgIpc) is 2.74. The molecule has 0 radical (unpaired) electrons. The molecule has 3 rings (SSSR count). The van der Waals surface area contributed by atoms with Crippen LogP contribution in [0.15, 0.2) is 48.5 Å². The Labute approximate surface area is 169 Å². The SMILES string of the molecule is COc1cccc(NC(=O)OCC(O)CN2CCN(c3ccc(F)cc3)CC2)c1. The molecule has 29 heavy (non-hydrogen) atoms. The van der Waals surface area contributed by atoms with Crippen LogP contribution < -0.4 is 15.0 Å². The van der Waals surface area contributed by atoms with Gasteiger partial charge in [-0.05, 0) is 36.4 Å². The van der Waals surface area contributed by atoms with Crippen molar-refractivity contribution in [1.82, 2.24) is 4.90 Å². The zero-order chi connectivity index (χ0) is 20.6. The second kappa shape index (κ2) is 10.1. The van der Waals surface area contributed by atoms with E-state index in [1.807, 2.05) is 0 Å². The van der Waals surface area contributed by atoms with Gasteiger partial charge in [0.2, 0.25) is 0 Å². The van der Waals surface area contributed by atoms with Crippen LogP contribution in [-0.4, -0.2) is 68.6 Å². The van der Waals surface area contributed by atoms with E-state index in [9.17, 15) is 14.3 Å². The Hall–Kier alpha value is -2.84. The van der Waals surface area contributed by atoms with Crippen LogP contribution in [0.5, 0.6) is 5.75 Å². The lowest BCUT2D eigenvalue weighted by atomic mass is 10.2. The Morgan fingerprint density at radius 3 is 2.59 bits per heavy atom. The first kappa shape index (κ1) is 20.9. The van der Waals surface area contributed by atoms with Crippen molar-refractivity contribution < 1.29 is 23.8 Å². The molecular formula is C21H26FN3O4. The van der Waals surface area contributed by atoms with Crippen LogP contribution in [0, 0.1) is 5.82 Å². The maximum Gasteiger partial charge on any atom is 0.411 e. The number of halogens is 1. The number of benzene rings is 2. The number of β-amino-alcohol motifs (C(OH)–C–C–N with tert-alkyl or cyclic N) is 1. The maximum absolute atomic E-state index is 13.0. The number of amides is 1. The summed E-state index contributed by atoms with van der Waals surface area (Å²) in [5, 5.41) is 12.8. The summed E-state index contributed by atoms with van der Waals surface area (Å²) >= 11 is 0. The third kappa shape index (κ3) is 6.33. The van der Waals surface area contributed by atoms with Crippen LogP contribution in [0.3, 0.4) is 0 Å². The van der Waals surface area contributed by atoms with E-state index in [0.717, 1.165) is 31.9 Å². The second-order valence-corrected chi connectivity index (χ2v) is 6.87. The van der Waals surface area contributed by atoms with Crippen molar-refractivity contribution in [3.05, 3.63) is 54.3 Å². The molecule has 2 aromatic rings. The van der Waals surface area contributed by atoms with E-state index < -0.39 is 12.2 Å². The van der Waals surface area contributed by atoms with Gasteiger partial charge in [0.15, 0.2) is 0 Å². The molecule has 0 aliphatic carbocycles. The Kier molecular flexibility index (Phi) is 7.26. The smallest absolute Gasteiger partial charge is 0.411 e. The number of carbonyl (C=O) groups is 1. The fraction of sp³-hybridized carbons (Fsp3) is 0.381. The van der Waals surface area contributed by atoms with Crippen molar-refractivity contribution in [2.75, 3.05) is 56.7 Å². The molecule has 1 unspecified atom stereocenters. The fourth-order valence-corrected chi connectivity index (χ4v) is 3.22. The highest BCUT2D eigenvalue weighted by Gasteiger charge is 2.20. The first-order chi connectivity index (χ1) is 14.0. The topological polar surface area (TPSA) is 74.3 Å². The number of nitrogens with one attached hydrogen (secondary N) is 1. The number of hydrogen-bond acceptors (Lipinski definition) is 6. The van der Waals surface area contributed by atoms with Crippen LogP contribution >= 0.6 is 0 Å². The molecule has 2 aromatic carbocycles. The monoisotopic (exact) mass is 403 g/mol. The van der Waals surface area contributed by atoms with Gasteiger partial charge in [-0.1, -0.05) is 6.07 Å². The van der Waals surface area contributed by atoms with Gasteiger partial charge in [-0.3, -0.25) is 10.2 Å². The summed E-state index contributed by atoms with van der Waals surface area (Å²) in [6, 6.07) is 13.4. The Balaban J connectivity index is 1.37. The molecule has 0 spiro atoms. The first-order valence-electron chi connectivity index (χ1n) is 9.52. The number of nitrogens with zero attached hydrogens (tertiary/aromatic N) is 2. The molecule has 0 saturated carbocycles. The van der Waals surface area contributed by atoms with Gasteiger partial charge in [0, 0.05) is 50.2 Å². The summed E-state index contributed by atoms with van der Waals surface area (Å²) in [7, 11) is 1.55. The third-order valence-corrected chi connectivity index (χ3v) is 4.76. The quantitative estimate of drug-likeness (QED) is 0.740. The summed E-state index contributed by atoms with van der Waals surface area (Å²) in [5.41, 5.74) is 1.55. The minimum Gasteiger partial charge on any atom is -0.497 e. The van der Waals surface area contributed by atoms with Crippen LogP contribution in [0.4, 0.5) is 20.6 Å². The van der Waals surface area contributed by atoms with E-state index in [1.54, 1.807) is 43.5 Å². The molecule has 1 amide bonds. The average molecular weight is 403 g/mol. The lowest BCUT2D eigenvalue weighted by Gasteiger charge is -2.36. The zero-order valence-electron chi connectivity index (χ0n) is 16.4. The lowest BCUT2D eigenvalue weighted by Crippen LogP contribution is -2.49. The van der Waals surface area contributed by atoms with Gasteiger partial charge in [0.05, 0.1) is 7.11 Å². The number of rotatable bonds is 7. The highest BCUT2D eigenvalue weighted by atomic mass is 19.1. The van der Waals surface area contributed by atoms with E-state index in [4.69, 9.17) is 9.47 Å². The van der Waals surface area contributed by atoms with Gasteiger partial charge in [-0.25, -0.2) is 9.18 Å². The predicted molar refractivity (Wildman–Crippen MR) is 109 cm³/mol. The summed E-state index contributed by atoms with van der Waals surface area (Å²) in [4.78, 5) is 16.2. The number of anilines is 2. The molecule has 156 valence electrons. The van der Waals surface area contributed by atoms with Crippen LogP contribution in [0.25, 0.3) is 0 Å². The highest BCUT2D eigenvalue weighted by Crippen LogP contribution is 2.18. The normalized spacial score (nSPS) is 15.6. The second-order valence-electron chi connectivity index (χ2n) is 6.87. The number of methoxy groups -OCH3 is 1. The molecule has 1 aliphatic rings. The number of aliphatic hydroxyl groups is 1. The van der Waals surface area contributed by atoms with Crippen molar-refractivity contribution in [3.63, 3.8) is 0 Å². The lowest BCUT2D eigenvalue weighted by molar-refractivity contribution is 0.0469. The molecule has 8 heteroatoms. The fourth-order valence-electron chi connectivity index (χ4n) is 3.22. The van der Waals surface area contributed by atoms with Crippen molar-refractivity contribution in [1.29, 1.82) is 0 Å². The van der Waals surface area contributed by atoms with Crippen molar-refractivity contribution in [2.24, 2.45) is 0 Å². The minimum atomic E-state index is -0.775. The number of ether oxygens (including phenoxy) is 2. The Morgan fingerprint density at radius 2 is 1.90 bits per heavy atom. The number of aliphatic hydroxyl groups excluding tert-OH is 1.